The van der Waals surface area contributed by atoms with Crippen LogP contribution in [0.15, 0.2) is 54.6 Å². The van der Waals surface area contributed by atoms with Crippen LogP contribution >= 0.6 is 0 Å². The number of hydrogen-bond donors (Lipinski definition) is 1. The number of nitrogens with zero attached hydrogens (tertiary/aromatic N) is 6. The summed E-state index contributed by atoms with van der Waals surface area (Å²) < 4.78 is 3.86. The Morgan fingerprint density at radius 2 is 1.80 bits per heavy atom. The van der Waals surface area contributed by atoms with Crippen LogP contribution in [0.3, 0.4) is 0 Å². The van der Waals surface area contributed by atoms with Gasteiger partial charge in [0.25, 0.3) is 0 Å². The number of para-hydroxylation sites is 3. The molecule has 4 aromatic rings. The molecular formula is C18H19N7. The fraction of sp³-hybridized carbons (Fsp3) is 0.222. The van der Waals surface area contributed by atoms with E-state index in [4.69, 9.17) is 4.98 Å². The van der Waals surface area contributed by atoms with E-state index in [2.05, 4.69) is 38.5 Å². The zero-order chi connectivity index (χ0) is 17.1. The number of fused-ring (bicyclic) bond motifs is 1. The van der Waals surface area contributed by atoms with E-state index in [1.807, 2.05) is 48.5 Å². The van der Waals surface area contributed by atoms with Gasteiger partial charge in [-0.05, 0) is 41.1 Å². The maximum absolute atomic E-state index is 4.70. The van der Waals surface area contributed by atoms with Crippen LogP contribution in [0, 0.1) is 0 Å². The maximum Gasteiger partial charge on any atom is 0.247 e. The lowest BCUT2D eigenvalue weighted by atomic mass is 10.3. The molecule has 0 unspecified atom stereocenters. The number of imidazole rings is 1. The van der Waals surface area contributed by atoms with Crippen molar-refractivity contribution in [3.05, 3.63) is 60.4 Å². The molecule has 0 saturated heterocycles. The van der Waals surface area contributed by atoms with Crippen molar-refractivity contribution in [2.75, 3.05) is 11.9 Å². The van der Waals surface area contributed by atoms with Crippen molar-refractivity contribution in [3.63, 3.8) is 0 Å². The summed E-state index contributed by atoms with van der Waals surface area (Å²) in [6, 6.07) is 18.0. The van der Waals surface area contributed by atoms with E-state index in [1.165, 1.54) is 5.52 Å². The van der Waals surface area contributed by atoms with Crippen molar-refractivity contribution in [2.45, 2.75) is 12.8 Å². The first-order chi connectivity index (χ1) is 12.3. The smallest absolute Gasteiger partial charge is 0.247 e. The van der Waals surface area contributed by atoms with Crippen LogP contribution in [0.4, 0.5) is 5.95 Å². The molecule has 2 aromatic carbocycles. The van der Waals surface area contributed by atoms with Crippen LogP contribution in [0.5, 0.6) is 0 Å². The third-order valence-electron chi connectivity index (χ3n) is 4.21. The van der Waals surface area contributed by atoms with Crippen LogP contribution in [-0.4, -0.2) is 36.3 Å². The van der Waals surface area contributed by atoms with Gasteiger partial charge in [-0.2, -0.15) is 4.68 Å². The molecule has 2 heterocycles. The molecule has 7 nitrogen and oxygen atoms in total. The highest BCUT2D eigenvalue weighted by Crippen LogP contribution is 2.15. The van der Waals surface area contributed by atoms with E-state index in [-0.39, 0.29) is 0 Å². The summed E-state index contributed by atoms with van der Waals surface area (Å²) in [5, 5.41) is 15.2. The third-order valence-corrected chi connectivity index (χ3v) is 4.21. The first-order valence-electron chi connectivity index (χ1n) is 8.31. The minimum absolute atomic E-state index is 0.649. The molecule has 0 saturated carbocycles. The molecule has 25 heavy (non-hydrogen) atoms. The lowest BCUT2D eigenvalue weighted by Gasteiger charge is -2.07. The van der Waals surface area contributed by atoms with Crippen LogP contribution in [0.1, 0.15) is 12.2 Å². The Balaban J connectivity index is 1.39. The van der Waals surface area contributed by atoms with Crippen LogP contribution < -0.4 is 5.32 Å². The standard InChI is InChI=1S/C18H19N7/c1-24-16-11-6-5-10-15(16)20-17(24)12-7-13-19-18-21-22-23-25(18)14-8-3-2-4-9-14/h2-6,8-11H,7,12-13H2,1H3,(H,19,21,23). The van der Waals surface area contributed by atoms with Gasteiger partial charge in [0.2, 0.25) is 5.95 Å². The van der Waals surface area contributed by atoms with E-state index in [9.17, 15) is 0 Å². The minimum Gasteiger partial charge on any atom is -0.353 e. The Morgan fingerprint density at radius 3 is 2.64 bits per heavy atom. The molecule has 0 aliphatic rings. The van der Waals surface area contributed by atoms with Crippen LogP contribution in [0.25, 0.3) is 16.7 Å². The van der Waals surface area contributed by atoms with E-state index >= 15 is 0 Å². The highest BCUT2D eigenvalue weighted by atomic mass is 15.6. The number of aromatic nitrogens is 6. The summed E-state index contributed by atoms with van der Waals surface area (Å²) in [5.41, 5.74) is 3.14. The summed E-state index contributed by atoms with van der Waals surface area (Å²) in [7, 11) is 2.06. The molecule has 1 N–H and O–H groups in total. The molecule has 0 aliphatic heterocycles. The van der Waals surface area contributed by atoms with Gasteiger partial charge in [-0.15, -0.1) is 0 Å². The van der Waals surface area contributed by atoms with Gasteiger partial charge in [0.05, 0.1) is 16.7 Å². The Bertz CT molecular complexity index is 971. The summed E-state index contributed by atoms with van der Waals surface area (Å²) in [6.07, 6.45) is 1.84. The Hall–Kier alpha value is -3.22. The second-order valence-electron chi connectivity index (χ2n) is 5.86. The van der Waals surface area contributed by atoms with E-state index < -0.39 is 0 Å². The Morgan fingerprint density at radius 1 is 1.00 bits per heavy atom. The molecule has 0 amide bonds. The van der Waals surface area contributed by atoms with Crippen molar-refractivity contribution in [1.82, 2.24) is 29.8 Å². The summed E-state index contributed by atoms with van der Waals surface area (Å²) in [6.45, 7) is 0.774. The average Bonchev–Trinajstić information content (AvgIpc) is 3.25. The van der Waals surface area contributed by atoms with Crippen molar-refractivity contribution in [1.29, 1.82) is 0 Å². The summed E-state index contributed by atoms with van der Waals surface area (Å²) in [5.74, 6) is 1.74. The zero-order valence-corrected chi connectivity index (χ0v) is 14.0. The van der Waals surface area contributed by atoms with Gasteiger partial charge in [0.1, 0.15) is 5.82 Å². The highest BCUT2D eigenvalue weighted by molar-refractivity contribution is 5.75. The highest BCUT2D eigenvalue weighted by Gasteiger charge is 2.09. The number of aryl methyl sites for hydroxylation is 2. The lowest BCUT2D eigenvalue weighted by molar-refractivity contribution is 0.746. The number of tetrazole rings is 1. The number of anilines is 1. The van der Waals surface area contributed by atoms with Gasteiger partial charge < -0.3 is 9.88 Å². The second kappa shape index (κ2) is 6.72. The average molecular weight is 333 g/mol. The molecule has 126 valence electrons. The van der Waals surface area contributed by atoms with Gasteiger partial charge >= 0.3 is 0 Å². The van der Waals surface area contributed by atoms with Gasteiger partial charge in [0.15, 0.2) is 0 Å². The Labute approximate surface area is 145 Å². The molecular weight excluding hydrogens is 314 g/mol. The molecule has 0 bridgehead atoms. The van der Waals surface area contributed by atoms with Crippen LogP contribution in [0.2, 0.25) is 0 Å². The van der Waals surface area contributed by atoms with Crippen molar-refractivity contribution >= 4 is 17.0 Å². The first kappa shape index (κ1) is 15.3. The largest absolute Gasteiger partial charge is 0.353 e. The number of hydrogen-bond acceptors (Lipinski definition) is 5. The molecule has 0 aliphatic carbocycles. The lowest BCUT2D eigenvalue weighted by Crippen LogP contribution is -2.10. The van der Waals surface area contributed by atoms with E-state index in [1.54, 1.807) is 4.68 Å². The van der Waals surface area contributed by atoms with Gasteiger partial charge in [0, 0.05) is 20.0 Å². The topological polar surface area (TPSA) is 73.5 Å². The SMILES string of the molecule is Cn1c(CCCNc2nnnn2-c2ccccc2)nc2ccccc21. The fourth-order valence-electron chi connectivity index (χ4n) is 2.91. The molecule has 0 spiro atoms. The van der Waals surface area contributed by atoms with Gasteiger partial charge in [-0.25, -0.2) is 4.98 Å². The predicted octanol–water partition coefficient (Wildman–Crippen LogP) is 2.59. The van der Waals surface area contributed by atoms with Gasteiger partial charge in [-0.1, -0.05) is 35.4 Å². The van der Waals surface area contributed by atoms with Crippen molar-refractivity contribution < 1.29 is 0 Å². The summed E-state index contributed by atoms with van der Waals surface area (Å²) in [4.78, 5) is 4.70. The molecule has 0 fully saturated rings. The normalized spacial score (nSPS) is 11.1. The predicted molar refractivity (Wildman–Crippen MR) is 96.7 cm³/mol. The minimum atomic E-state index is 0.649. The van der Waals surface area contributed by atoms with Crippen molar-refractivity contribution in [3.8, 4) is 5.69 Å². The molecule has 2 aromatic heterocycles. The van der Waals surface area contributed by atoms with Crippen LogP contribution in [-0.2, 0) is 13.5 Å². The number of rotatable bonds is 6. The maximum atomic E-state index is 4.70. The number of benzene rings is 2. The molecule has 0 atom stereocenters. The molecule has 4 rings (SSSR count). The third kappa shape index (κ3) is 3.08. The van der Waals surface area contributed by atoms with Gasteiger partial charge in [-0.3, -0.25) is 0 Å². The first-order valence-corrected chi connectivity index (χ1v) is 8.31. The number of nitrogens with one attached hydrogen (secondary N) is 1. The molecule has 7 heteroatoms. The van der Waals surface area contributed by atoms with Crippen molar-refractivity contribution in [2.24, 2.45) is 7.05 Å². The van der Waals surface area contributed by atoms with E-state index in [0.717, 1.165) is 36.4 Å². The zero-order valence-electron chi connectivity index (χ0n) is 14.0. The monoisotopic (exact) mass is 333 g/mol. The molecule has 0 radical (unpaired) electrons. The second-order valence-corrected chi connectivity index (χ2v) is 5.86. The quantitative estimate of drug-likeness (QED) is 0.549. The fourth-order valence-corrected chi connectivity index (χ4v) is 2.91. The van der Waals surface area contributed by atoms with E-state index in [0.29, 0.717) is 5.95 Å². The summed E-state index contributed by atoms with van der Waals surface area (Å²) >= 11 is 0. The Kier molecular flexibility index (Phi) is 4.12.